The van der Waals surface area contributed by atoms with E-state index in [-0.39, 0.29) is 37.2 Å². The van der Waals surface area contributed by atoms with Crippen molar-refractivity contribution in [2.75, 3.05) is 0 Å². The van der Waals surface area contributed by atoms with Crippen molar-refractivity contribution in [1.29, 1.82) is 0 Å². The summed E-state index contributed by atoms with van der Waals surface area (Å²) in [7, 11) is 0. The van der Waals surface area contributed by atoms with E-state index in [0.29, 0.717) is 11.8 Å². The largest absolute Gasteiger partial charge is 0.462 e. The molecule has 10 nitrogen and oxygen atoms in total. The summed E-state index contributed by atoms with van der Waals surface area (Å²) in [5.41, 5.74) is 27.4. The second-order valence-electron chi connectivity index (χ2n) is 16.6. The molecule has 4 aromatic rings. The van der Waals surface area contributed by atoms with Crippen molar-refractivity contribution in [1.82, 2.24) is 18.3 Å². The number of esters is 1. The van der Waals surface area contributed by atoms with Gasteiger partial charge in [0.25, 0.3) is 0 Å². The minimum absolute atomic E-state index is 0. The zero-order chi connectivity index (χ0) is 40.3. The summed E-state index contributed by atoms with van der Waals surface area (Å²) in [6.07, 6.45) is 7.68. The number of amides is 1. The number of ketones is 1. The first-order valence-electron chi connectivity index (χ1n) is 20.3. The van der Waals surface area contributed by atoms with Gasteiger partial charge in [-0.05, 0) is 141 Å². The molecule has 0 spiro atoms. The van der Waals surface area contributed by atoms with Crippen molar-refractivity contribution < 1.29 is 19.1 Å². The first kappa shape index (κ1) is 44.4. The third-order valence-corrected chi connectivity index (χ3v) is 12.8. The number of aromatic nitrogens is 4. The molecule has 8 rings (SSSR count). The van der Waals surface area contributed by atoms with Gasteiger partial charge < -0.3 is 34.5 Å². The van der Waals surface area contributed by atoms with Gasteiger partial charge in [-0.25, -0.2) is 0 Å². The molecular weight excluding hydrogens is 701 g/mol. The molecule has 4 aliphatic rings. The zero-order valence-corrected chi connectivity index (χ0v) is 35.2. The molecule has 4 aromatic heterocycles. The molecule has 0 aromatic carbocycles. The van der Waals surface area contributed by atoms with Crippen molar-refractivity contribution in [3.05, 3.63) is 92.1 Å². The Morgan fingerprint density at radius 2 is 0.911 bits per heavy atom. The Labute approximate surface area is 336 Å². The normalized spacial score (nSPS) is 20.4. The Balaban J connectivity index is 0.000000165. The van der Waals surface area contributed by atoms with E-state index in [0.717, 1.165) is 77.5 Å². The smallest absolute Gasteiger partial charge is 0.302 e. The topological polar surface area (TPSA) is 132 Å². The van der Waals surface area contributed by atoms with Crippen LogP contribution in [0.1, 0.15) is 115 Å². The third-order valence-electron chi connectivity index (χ3n) is 12.8. The van der Waals surface area contributed by atoms with E-state index in [9.17, 15) is 14.4 Å². The minimum Gasteiger partial charge on any atom is -0.462 e. The van der Waals surface area contributed by atoms with Gasteiger partial charge in [0.15, 0.2) is 0 Å². The Bertz CT molecular complexity index is 1950. The van der Waals surface area contributed by atoms with Crippen LogP contribution in [0.15, 0.2) is 24.3 Å². The summed E-state index contributed by atoms with van der Waals surface area (Å²) in [4.78, 5) is 33.2. The van der Waals surface area contributed by atoms with Crippen molar-refractivity contribution in [3.8, 4) is 0 Å². The number of carbonyl (C=O) groups excluding carboxylic acids is 3. The standard InChI is InChI=1S/C12H17NO2.C12H17NO.C11H16N2O.C10H16N2.CH4/c1-8-6-11-7-12(15-10(3)14)4-5-13(11)9(8)2;1-8-6-12-7-11(10(3)14)4-5-13(12)9(8)2;1-7-5-10-6-9(11(12)14)3-4-13(10)8(7)2;1-7-5-10-6-9(11)3-4-12(10)8(7)2;/h6,12H,4-5,7H2,1-3H3;6,11H,4-5,7H2,1-3H3;5,9H,3-4,6H2,1-2H3,(H2,12,14);5,9H,3-4,6,11H2,1-2H3;1H4. The lowest BCUT2D eigenvalue weighted by Gasteiger charge is -2.24. The number of nitrogens with zero attached hydrogens (tertiary/aromatic N) is 4. The zero-order valence-electron chi connectivity index (χ0n) is 35.2. The molecule has 4 N–H and O–H groups in total. The van der Waals surface area contributed by atoms with Crippen LogP contribution in [0.4, 0.5) is 0 Å². The fourth-order valence-electron chi connectivity index (χ4n) is 8.84. The molecule has 308 valence electrons. The number of Topliss-reactive ketones (excluding diaryl/α,β-unsaturated/α-hetero) is 1. The number of aryl methyl sites for hydroxylation is 4. The lowest BCUT2D eigenvalue weighted by Crippen LogP contribution is -2.30. The second-order valence-corrected chi connectivity index (χ2v) is 16.6. The van der Waals surface area contributed by atoms with Gasteiger partial charge in [-0.15, -0.1) is 0 Å². The molecule has 0 bridgehead atoms. The average Bonchev–Trinajstić information content (AvgIpc) is 3.79. The van der Waals surface area contributed by atoms with Gasteiger partial charge >= 0.3 is 5.97 Å². The van der Waals surface area contributed by atoms with Gasteiger partial charge in [0.2, 0.25) is 5.91 Å². The highest BCUT2D eigenvalue weighted by Crippen LogP contribution is 2.27. The van der Waals surface area contributed by atoms with Crippen LogP contribution < -0.4 is 11.5 Å². The Morgan fingerprint density at radius 3 is 1.32 bits per heavy atom. The number of carbonyl (C=O) groups is 3. The number of nitrogens with two attached hydrogens (primary N) is 2. The first-order chi connectivity index (χ1) is 25.9. The molecular formula is C46H70N6O4. The molecule has 4 unspecified atom stereocenters. The summed E-state index contributed by atoms with van der Waals surface area (Å²) in [6, 6.07) is 9.25. The first-order valence-corrected chi connectivity index (χ1v) is 20.3. The Hall–Kier alpha value is -4.31. The lowest BCUT2D eigenvalue weighted by molar-refractivity contribution is -0.147. The maximum atomic E-state index is 11.3. The molecule has 8 heterocycles. The van der Waals surface area contributed by atoms with Crippen LogP contribution in [0, 0.1) is 67.2 Å². The number of fused-ring (bicyclic) bond motifs is 4. The van der Waals surface area contributed by atoms with Crippen LogP contribution in [0.25, 0.3) is 0 Å². The van der Waals surface area contributed by atoms with Crippen LogP contribution in [0.3, 0.4) is 0 Å². The number of hydrogen-bond donors (Lipinski definition) is 2. The highest BCUT2D eigenvalue weighted by atomic mass is 16.5. The number of hydrogen-bond acceptors (Lipinski definition) is 5. The quantitative estimate of drug-likeness (QED) is 0.210. The van der Waals surface area contributed by atoms with Gasteiger partial charge in [-0.1, -0.05) is 7.43 Å². The second kappa shape index (κ2) is 18.8. The predicted octanol–water partition coefficient (Wildman–Crippen LogP) is 7.41. The van der Waals surface area contributed by atoms with Crippen molar-refractivity contribution >= 4 is 17.7 Å². The number of rotatable bonds is 3. The van der Waals surface area contributed by atoms with Crippen LogP contribution >= 0.6 is 0 Å². The van der Waals surface area contributed by atoms with E-state index < -0.39 is 0 Å². The molecule has 1 amide bonds. The maximum Gasteiger partial charge on any atom is 0.302 e. The van der Waals surface area contributed by atoms with Gasteiger partial charge in [0.1, 0.15) is 11.9 Å². The molecule has 0 fully saturated rings. The van der Waals surface area contributed by atoms with Crippen LogP contribution in [0.5, 0.6) is 0 Å². The lowest BCUT2D eigenvalue weighted by atomic mass is 9.93. The number of ether oxygens (including phenoxy) is 1. The highest BCUT2D eigenvalue weighted by molar-refractivity contribution is 5.78. The van der Waals surface area contributed by atoms with E-state index in [1.165, 1.54) is 74.7 Å². The van der Waals surface area contributed by atoms with Gasteiger partial charge in [-0.3, -0.25) is 14.4 Å². The van der Waals surface area contributed by atoms with Crippen molar-refractivity contribution in [2.45, 2.75) is 166 Å². The van der Waals surface area contributed by atoms with E-state index in [4.69, 9.17) is 16.2 Å². The van der Waals surface area contributed by atoms with E-state index in [2.05, 4.69) is 97.9 Å². The molecule has 0 saturated heterocycles. The Morgan fingerprint density at radius 1 is 0.554 bits per heavy atom. The van der Waals surface area contributed by atoms with Crippen molar-refractivity contribution in [3.63, 3.8) is 0 Å². The molecule has 4 aliphatic heterocycles. The summed E-state index contributed by atoms with van der Waals surface area (Å²) in [5, 5.41) is 0. The SMILES string of the molecule is C.CC(=O)C1CCn2c(cc(C)c2C)C1.CC(=O)OC1CCn2c(cc(C)c2C)C1.Cc1cc2n(c1C)CCC(C(N)=O)C2.Cc1cc2n(c1C)CCC(N)C2. The van der Waals surface area contributed by atoms with E-state index in [1.807, 2.05) is 0 Å². The van der Waals surface area contributed by atoms with Crippen molar-refractivity contribution in [2.24, 2.45) is 23.3 Å². The van der Waals surface area contributed by atoms with E-state index in [1.54, 1.807) is 6.92 Å². The highest BCUT2D eigenvalue weighted by Gasteiger charge is 2.26. The summed E-state index contributed by atoms with van der Waals surface area (Å²) < 4.78 is 14.6. The minimum atomic E-state index is -0.173. The van der Waals surface area contributed by atoms with Crippen LogP contribution in [-0.4, -0.2) is 48.1 Å². The molecule has 56 heavy (non-hydrogen) atoms. The van der Waals surface area contributed by atoms with Gasteiger partial charge in [-0.2, -0.15) is 0 Å². The summed E-state index contributed by atoms with van der Waals surface area (Å²) in [5.74, 6) is 0.307. The third kappa shape index (κ3) is 10.2. The molecule has 4 atom stereocenters. The fourth-order valence-corrected chi connectivity index (χ4v) is 8.84. The molecule has 0 saturated carbocycles. The maximum absolute atomic E-state index is 11.3. The predicted molar refractivity (Wildman–Crippen MR) is 226 cm³/mol. The molecule has 0 aliphatic carbocycles. The average molecular weight is 771 g/mol. The van der Waals surface area contributed by atoms with Gasteiger partial charge in [0, 0.05) is 116 Å². The molecule has 0 radical (unpaired) electrons. The summed E-state index contributed by atoms with van der Waals surface area (Å²) >= 11 is 0. The van der Waals surface area contributed by atoms with Crippen LogP contribution in [-0.2, 0) is 71.0 Å². The molecule has 10 heteroatoms. The summed E-state index contributed by atoms with van der Waals surface area (Å²) in [6.45, 7) is 24.4. The van der Waals surface area contributed by atoms with Gasteiger partial charge in [0.05, 0.1) is 0 Å². The number of primary amides is 1. The van der Waals surface area contributed by atoms with Crippen LogP contribution in [0.2, 0.25) is 0 Å². The monoisotopic (exact) mass is 771 g/mol. The Kier molecular flexibility index (Phi) is 14.9. The fraction of sp³-hybridized carbons (Fsp3) is 0.587. The van der Waals surface area contributed by atoms with E-state index >= 15 is 0 Å².